The summed E-state index contributed by atoms with van der Waals surface area (Å²) in [5.41, 5.74) is 4.56. The molecular formula is C14H13N. The average molecular weight is 195 g/mol. The topological polar surface area (TPSA) is 12.4 Å². The van der Waals surface area contributed by atoms with E-state index in [4.69, 9.17) is 0 Å². The zero-order valence-corrected chi connectivity index (χ0v) is 8.77. The lowest BCUT2D eigenvalue weighted by molar-refractivity contribution is 1.44. The van der Waals surface area contributed by atoms with Crippen LogP contribution in [0.5, 0.6) is 0 Å². The highest BCUT2D eigenvalue weighted by molar-refractivity contribution is 5.78. The number of benzene rings is 2. The molecule has 0 N–H and O–H groups in total. The van der Waals surface area contributed by atoms with Crippen LogP contribution in [-0.4, -0.2) is 6.72 Å². The smallest absolute Gasteiger partial charge is 0.0700 e. The van der Waals surface area contributed by atoms with E-state index in [0.29, 0.717) is 0 Å². The van der Waals surface area contributed by atoms with Gasteiger partial charge in [0, 0.05) is 5.56 Å². The van der Waals surface area contributed by atoms with Gasteiger partial charge in [0.2, 0.25) is 0 Å². The summed E-state index contributed by atoms with van der Waals surface area (Å²) in [5, 5.41) is 0. The molecule has 2 rings (SSSR count). The third-order valence-corrected chi connectivity index (χ3v) is 2.51. The maximum atomic E-state index is 4.04. The van der Waals surface area contributed by atoms with Gasteiger partial charge in [-0.2, -0.15) is 0 Å². The van der Waals surface area contributed by atoms with E-state index in [1.807, 2.05) is 30.3 Å². The molecule has 74 valence electrons. The molecule has 0 saturated heterocycles. The van der Waals surface area contributed by atoms with Crippen LogP contribution < -0.4 is 0 Å². The molecule has 0 aliphatic carbocycles. The maximum Gasteiger partial charge on any atom is 0.0700 e. The summed E-state index contributed by atoms with van der Waals surface area (Å²) in [7, 11) is 0. The Bertz CT molecular complexity index is 486. The highest BCUT2D eigenvalue weighted by Gasteiger charge is 2.04. The predicted molar refractivity (Wildman–Crippen MR) is 65.8 cm³/mol. The fourth-order valence-electron chi connectivity index (χ4n) is 1.71. The third-order valence-electron chi connectivity index (χ3n) is 2.51. The number of aryl methyl sites for hydroxylation is 1. The lowest BCUT2D eigenvalue weighted by atomic mass is 9.99. The number of hydrogen-bond acceptors (Lipinski definition) is 1. The lowest BCUT2D eigenvalue weighted by Gasteiger charge is -2.07. The summed E-state index contributed by atoms with van der Waals surface area (Å²) in [6.45, 7) is 5.70. The summed E-state index contributed by atoms with van der Waals surface area (Å²) in [6, 6.07) is 16.4. The van der Waals surface area contributed by atoms with Gasteiger partial charge in [-0.1, -0.05) is 42.5 Å². The van der Waals surface area contributed by atoms with Crippen LogP contribution in [0.25, 0.3) is 11.1 Å². The first-order chi connectivity index (χ1) is 7.33. The van der Waals surface area contributed by atoms with E-state index in [1.54, 1.807) is 0 Å². The first-order valence-electron chi connectivity index (χ1n) is 4.94. The molecule has 0 unspecified atom stereocenters. The highest BCUT2D eigenvalue weighted by atomic mass is 14.7. The molecule has 1 nitrogen and oxygen atoms in total. The van der Waals surface area contributed by atoms with E-state index < -0.39 is 0 Å². The third kappa shape index (κ3) is 1.82. The molecule has 2 aromatic rings. The lowest BCUT2D eigenvalue weighted by Crippen LogP contribution is -1.82. The molecule has 0 amide bonds. The molecule has 0 saturated carbocycles. The van der Waals surface area contributed by atoms with Crippen LogP contribution in [-0.2, 0) is 0 Å². The minimum absolute atomic E-state index is 0.937. The van der Waals surface area contributed by atoms with E-state index >= 15 is 0 Å². The van der Waals surface area contributed by atoms with Gasteiger partial charge in [0.15, 0.2) is 0 Å². The van der Waals surface area contributed by atoms with E-state index in [0.717, 1.165) is 11.3 Å². The molecule has 0 radical (unpaired) electrons. The van der Waals surface area contributed by atoms with Crippen LogP contribution in [0.15, 0.2) is 53.5 Å². The monoisotopic (exact) mass is 195 g/mol. The first-order valence-corrected chi connectivity index (χ1v) is 4.94. The Kier molecular flexibility index (Phi) is 2.64. The van der Waals surface area contributed by atoms with Gasteiger partial charge >= 0.3 is 0 Å². The Labute approximate surface area is 90.1 Å². The van der Waals surface area contributed by atoms with Crippen LogP contribution >= 0.6 is 0 Å². The van der Waals surface area contributed by atoms with Crippen molar-refractivity contribution in [2.75, 3.05) is 0 Å². The second-order valence-corrected chi connectivity index (χ2v) is 3.49. The second kappa shape index (κ2) is 4.09. The van der Waals surface area contributed by atoms with Gasteiger partial charge in [0.1, 0.15) is 0 Å². The second-order valence-electron chi connectivity index (χ2n) is 3.49. The molecule has 15 heavy (non-hydrogen) atoms. The summed E-state index contributed by atoms with van der Waals surface area (Å²) in [6.07, 6.45) is 0. The van der Waals surface area contributed by atoms with E-state index in [1.165, 1.54) is 11.1 Å². The molecular weight excluding hydrogens is 182 g/mol. The Hall–Kier alpha value is -1.89. The highest BCUT2D eigenvalue weighted by Crippen LogP contribution is 2.31. The van der Waals surface area contributed by atoms with Crippen LogP contribution in [0.4, 0.5) is 5.69 Å². The summed E-state index contributed by atoms with van der Waals surface area (Å²) in [5.74, 6) is 0. The molecule has 0 aliphatic heterocycles. The van der Waals surface area contributed by atoms with E-state index in [-0.39, 0.29) is 0 Å². The quantitative estimate of drug-likeness (QED) is 0.642. The van der Waals surface area contributed by atoms with Crippen molar-refractivity contribution in [1.29, 1.82) is 0 Å². The molecule has 0 aliphatic rings. The van der Waals surface area contributed by atoms with Gasteiger partial charge in [0.25, 0.3) is 0 Å². The van der Waals surface area contributed by atoms with Gasteiger partial charge in [-0.3, -0.25) is 4.99 Å². The molecule has 0 heterocycles. The Morgan fingerprint density at radius 2 is 1.47 bits per heavy atom. The van der Waals surface area contributed by atoms with E-state index in [9.17, 15) is 0 Å². The molecule has 0 bridgehead atoms. The van der Waals surface area contributed by atoms with Crippen molar-refractivity contribution >= 4 is 12.4 Å². The maximum absolute atomic E-state index is 4.04. The van der Waals surface area contributed by atoms with Crippen LogP contribution in [0, 0.1) is 6.92 Å². The summed E-state index contributed by atoms with van der Waals surface area (Å²) >= 11 is 0. The van der Waals surface area contributed by atoms with Gasteiger partial charge in [-0.05, 0) is 30.8 Å². The number of rotatable bonds is 2. The normalized spacial score (nSPS) is 9.93. The van der Waals surface area contributed by atoms with Crippen molar-refractivity contribution in [1.82, 2.24) is 0 Å². The van der Waals surface area contributed by atoms with Crippen molar-refractivity contribution in [3.63, 3.8) is 0 Å². The predicted octanol–water partition coefficient (Wildman–Crippen LogP) is 3.99. The van der Waals surface area contributed by atoms with Gasteiger partial charge < -0.3 is 0 Å². The standard InChI is InChI=1S/C14H13N/c1-11-7-3-4-8-12(11)13-9-5-6-10-14(13)15-2/h3-10H,2H2,1H3. The van der Waals surface area contributed by atoms with Crippen molar-refractivity contribution in [3.8, 4) is 11.1 Å². The largest absolute Gasteiger partial charge is 0.264 e. The van der Waals surface area contributed by atoms with Crippen molar-refractivity contribution in [2.24, 2.45) is 4.99 Å². The number of hydrogen-bond donors (Lipinski definition) is 0. The van der Waals surface area contributed by atoms with Gasteiger partial charge in [-0.25, -0.2) is 0 Å². The van der Waals surface area contributed by atoms with Crippen LogP contribution in [0.1, 0.15) is 5.56 Å². The number of aliphatic imine (C=N–C) groups is 1. The van der Waals surface area contributed by atoms with Crippen LogP contribution in [0.3, 0.4) is 0 Å². The Morgan fingerprint density at radius 3 is 2.13 bits per heavy atom. The molecule has 2 aromatic carbocycles. The van der Waals surface area contributed by atoms with Crippen molar-refractivity contribution in [3.05, 3.63) is 54.1 Å². The molecule has 0 aromatic heterocycles. The number of para-hydroxylation sites is 1. The Balaban J connectivity index is 2.64. The molecule has 0 spiro atoms. The SMILES string of the molecule is C=Nc1ccccc1-c1ccccc1C. The number of nitrogens with zero attached hydrogens (tertiary/aromatic N) is 1. The van der Waals surface area contributed by atoms with Crippen molar-refractivity contribution in [2.45, 2.75) is 6.92 Å². The first kappa shape index (κ1) is 9.66. The summed E-state index contributed by atoms with van der Waals surface area (Å²) in [4.78, 5) is 4.04. The minimum Gasteiger partial charge on any atom is -0.264 e. The Morgan fingerprint density at radius 1 is 0.867 bits per heavy atom. The molecule has 0 atom stereocenters. The molecule has 0 fully saturated rings. The zero-order chi connectivity index (χ0) is 10.7. The van der Waals surface area contributed by atoms with Crippen molar-refractivity contribution < 1.29 is 0 Å². The summed E-state index contributed by atoms with van der Waals surface area (Å²) < 4.78 is 0. The van der Waals surface area contributed by atoms with Crippen LogP contribution in [0.2, 0.25) is 0 Å². The fraction of sp³-hybridized carbons (Fsp3) is 0.0714. The average Bonchev–Trinajstić information content (AvgIpc) is 2.30. The fourth-order valence-corrected chi connectivity index (χ4v) is 1.71. The zero-order valence-electron chi connectivity index (χ0n) is 8.77. The minimum atomic E-state index is 0.937. The van der Waals surface area contributed by atoms with E-state index in [2.05, 4.69) is 36.8 Å². The van der Waals surface area contributed by atoms with Gasteiger partial charge in [-0.15, -0.1) is 0 Å². The molecule has 1 heteroatoms. The van der Waals surface area contributed by atoms with Gasteiger partial charge in [0.05, 0.1) is 5.69 Å².